The maximum Gasteiger partial charge on any atom is 0.334 e. The van der Waals surface area contributed by atoms with Crippen LogP contribution in [0.1, 0.15) is 168 Å². The number of hydrogen-bond acceptors (Lipinski definition) is 7. The fraction of sp³-hybridized carbons (Fsp3) is 0.919. The van der Waals surface area contributed by atoms with Crippen molar-refractivity contribution >= 4 is 5.97 Å². The molecular weight excluding hydrogens is 556 g/mol. The van der Waals surface area contributed by atoms with Crippen molar-refractivity contribution in [2.45, 2.75) is 217 Å². The Kier molecular flexibility index (Phi) is 18.5. The molecule has 8 atom stereocenters. The summed E-state index contributed by atoms with van der Waals surface area (Å²) in [5, 5.41) is 31.6. The fourth-order valence-corrected chi connectivity index (χ4v) is 7.28. The second-order valence-electron chi connectivity index (χ2n) is 14.0. The minimum atomic E-state index is -0.451. The largest absolute Gasteiger partial charge is 0.455 e. The van der Waals surface area contributed by atoms with Crippen molar-refractivity contribution in [2.75, 3.05) is 0 Å². The Morgan fingerprint density at radius 1 is 0.659 bits per heavy atom. The van der Waals surface area contributed by atoms with Crippen LogP contribution in [0.5, 0.6) is 0 Å². The first-order valence-corrected chi connectivity index (χ1v) is 18.6. The lowest BCUT2D eigenvalue weighted by Crippen LogP contribution is -2.33. The molecule has 7 nitrogen and oxygen atoms in total. The van der Waals surface area contributed by atoms with Crippen molar-refractivity contribution < 1.29 is 34.3 Å². The summed E-state index contributed by atoms with van der Waals surface area (Å²) < 4.78 is 17.6. The number of carbonyl (C=O) groups excluding carboxylic acids is 1. The number of rotatable bonds is 25. The molecule has 3 aliphatic heterocycles. The van der Waals surface area contributed by atoms with Crippen LogP contribution < -0.4 is 0 Å². The highest BCUT2D eigenvalue weighted by Gasteiger charge is 2.40. The number of hydrogen-bond donors (Lipinski definition) is 3. The SMILES string of the molecule is CCCCCCCC[C@H](O)[C@H]1CC[C@H]([C@@H]2CC[C@@H]([C@@H](O)CCCCCCCCCCCC[C@@H](O)CC3=C[C@H](C)OC3=O)O2)O1. The number of aliphatic hydroxyl groups excluding tert-OH is 3. The van der Waals surface area contributed by atoms with Gasteiger partial charge in [-0.05, 0) is 57.9 Å². The summed E-state index contributed by atoms with van der Waals surface area (Å²) in [5.41, 5.74) is 0.624. The van der Waals surface area contributed by atoms with Gasteiger partial charge in [-0.3, -0.25) is 0 Å². The van der Waals surface area contributed by atoms with Gasteiger partial charge in [0.25, 0.3) is 0 Å². The third-order valence-electron chi connectivity index (χ3n) is 10.0. The Labute approximate surface area is 268 Å². The van der Waals surface area contributed by atoms with Crippen LogP contribution in [0.2, 0.25) is 0 Å². The predicted molar refractivity (Wildman–Crippen MR) is 175 cm³/mol. The van der Waals surface area contributed by atoms with E-state index in [0.29, 0.717) is 12.0 Å². The average molecular weight is 623 g/mol. The molecule has 3 N–H and O–H groups in total. The van der Waals surface area contributed by atoms with Crippen LogP contribution in [0.15, 0.2) is 11.6 Å². The van der Waals surface area contributed by atoms with E-state index in [-0.39, 0.29) is 48.7 Å². The van der Waals surface area contributed by atoms with E-state index in [1.54, 1.807) is 0 Å². The van der Waals surface area contributed by atoms with Crippen LogP contribution >= 0.6 is 0 Å². The summed E-state index contributed by atoms with van der Waals surface area (Å²) in [6.45, 7) is 4.08. The average Bonchev–Trinajstić information content (AvgIpc) is 3.75. The Bertz CT molecular complexity index is 801. The first kappa shape index (κ1) is 37.5. The molecule has 0 spiro atoms. The van der Waals surface area contributed by atoms with E-state index in [0.717, 1.165) is 77.0 Å². The number of aliphatic hydroxyl groups is 3. The minimum Gasteiger partial charge on any atom is -0.455 e. The van der Waals surface area contributed by atoms with E-state index in [9.17, 15) is 20.1 Å². The van der Waals surface area contributed by atoms with Crippen molar-refractivity contribution in [1.82, 2.24) is 0 Å². The van der Waals surface area contributed by atoms with Crippen LogP contribution in [0, 0.1) is 0 Å². The zero-order valence-corrected chi connectivity index (χ0v) is 28.1. The smallest absolute Gasteiger partial charge is 0.334 e. The molecule has 0 aromatic heterocycles. The zero-order valence-electron chi connectivity index (χ0n) is 28.1. The molecular formula is C37H66O7. The van der Waals surface area contributed by atoms with E-state index >= 15 is 0 Å². The number of unbranched alkanes of at least 4 members (excludes halogenated alkanes) is 14. The van der Waals surface area contributed by atoms with E-state index in [1.807, 2.05) is 13.0 Å². The maximum absolute atomic E-state index is 11.7. The van der Waals surface area contributed by atoms with Crippen molar-refractivity contribution in [3.05, 3.63) is 11.6 Å². The summed E-state index contributed by atoms with van der Waals surface area (Å²) in [6, 6.07) is 0. The number of cyclic esters (lactones) is 1. The van der Waals surface area contributed by atoms with Crippen LogP contribution in [-0.4, -0.2) is 70.1 Å². The van der Waals surface area contributed by atoms with Gasteiger partial charge in [0.2, 0.25) is 0 Å². The van der Waals surface area contributed by atoms with Gasteiger partial charge >= 0.3 is 5.97 Å². The molecule has 0 amide bonds. The quantitative estimate of drug-likeness (QED) is 0.0703. The number of ether oxygens (including phenoxy) is 3. The summed E-state index contributed by atoms with van der Waals surface area (Å²) >= 11 is 0. The molecule has 256 valence electrons. The molecule has 0 radical (unpaired) electrons. The van der Waals surface area contributed by atoms with Crippen molar-refractivity contribution in [3.8, 4) is 0 Å². The van der Waals surface area contributed by atoms with Gasteiger partial charge in [0.1, 0.15) is 6.10 Å². The van der Waals surface area contributed by atoms with Crippen molar-refractivity contribution in [2.24, 2.45) is 0 Å². The molecule has 0 aromatic rings. The lowest BCUT2D eigenvalue weighted by Gasteiger charge is -2.24. The molecule has 0 bridgehead atoms. The van der Waals surface area contributed by atoms with Gasteiger partial charge in [-0.15, -0.1) is 0 Å². The third-order valence-corrected chi connectivity index (χ3v) is 10.0. The lowest BCUT2D eigenvalue weighted by atomic mass is 10.00. The van der Waals surface area contributed by atoms with Crippen molar-refractivity contribution in [1.29, 1.82) is 0 Å². The van der Waals surface area contributed by atoms with Gasteiger partial charge in [0, 0.05) is 12.0 Å². The molecule has 7 heteroatoms. The van der Waals surface area contributed by atoms with Crippen LogP contribution in [0.3, 0.4) is 0 Å². The number of carbonyl (C=O) groups is 1. The Morgan fingerprint density at radius 2 is 1.09 bits per heavy atom. The molecule has 0 aromatic carbocycles. The standard InChI is InChI=1S/C37H66O7/c1-3-4-5-6-14-17-20-31(39)33-22-24-35(43-33)36-25-23-34(44-36)32(40)21-18-15-12-10-8-7-9-11-13-16-19-30(38)27-29-26-28(2)42-37(29)41/h26,28,30-36,38-40H,3-25,27H2,1-2H3/t28-,30+,31-,32-,33+,34-,35+,36-/m0/s1. The molecule has 2 fully saturated rings. The molecule has 2 saturated heterocycles. The fourth-order valence-electron chi connectivity index (χ4n) is 7.28. The second-order valence-corrected chi connectivity index (χ2v) is 14.0. The summed E-state index contributed by atoms with van der Waals surface area (Å²) in [6.07, 6.45) is 26.2. The van der Waals surface area contributed by atoms with Crippen LogP contribution in [0.4, 0.5) is 0 Å². The van der Waals surface area contributed by atoms with E-state index < -0.39 is 6.10 Å². The lowest BCUT2D eigenvalue weighted by molar-refractivity contribution is -0.139. The van der Waals surface area contributed by atoms with Gasteiger partial charge in [-0.2, -0.15) is 0 Å². The van der Waals surface area contributed by atoms with Gasteiger partial charge in [0.05, 0.1) is 42.7 Å². The molecule has 44 heavy (non-hydrogen) atoms. The first-order valence-electron chi connectivity index (χ1n) is 18.6. The Hall–Kier alpha value is -0.990. The third kappa shape index (κ3) is 14.2. The van der Waals surface area contributed by atoms with E-state index in [4.69, 9.17) is 14.2 Å². The molecule has 3 heterocycles. The molecule has 0 aliphatic carbocycles. The monoisotopic (exact) mass is 622 g/mol. The predicted octanol–water partition coefficient (Wildman–Crippen LogP) is 7.86. The summed E-state index contributed by atoms with van der Waals surface area (Å²) in [7, 11) is 0. The van der Waals surface area contributed by atoms with Gasteiger partial charge in [-0.1, -0.05) is 110 Å². The Balaban J connectivity index is 1.11. The van der Waals surface area contributed by atoms with E-state index in [1.165, 1.54) is 70.6 Å². The van der Waals surface area contributed by atoms with Gasteiger partial charge in [0.15, 0.2) is 0 Å². The summed E-state index contributed by atoms with van der Waals surface area (Å²) in [5.74, 6) is -0.274. The van der Waals surface area contributed by atoms with Gasteiger partial charge in [-0.25, -0.2) is 4.79 Å². The van der Waals surface area contributed by atoms with Crippen molar-refractivity contribution in [3.63, 3.8) is 0 Å². The molecule has 3 aliphatic rings. The van der Waals surface area contributed by atoms with E-state index in [2.05, 4.69) is 6.92 Å². The highest BCUT2D eigenvalue weighted by Crippen LogP contribution is 2.34. The summed E-state index contributed by atoms with van der Waals surface area (Å²) in [4.78, 5) is 11.7. The highest BCUT2D eigenvalue weighted by molar-refractivity contribution is 5.90. The Morgan fingerprint density at radius 3 is 1.52 bits per heavy atom. The van der Waals surface area contributed by atoms with Crippen LogP contribution in [0.25, 0.3) is 0 Å². The first-order chi connectivity index (χ1) is 21.4. The normalized spacial score (nSPS) is 27.4. The number of esters is 1. The molecule has 3 rings (SSSR count). The molecule has 0 saturated carbocycles. The maximum atomic E-state index is 11.7. The second kappa shape index (κ2) is 21.7. The topological polar surface area (TPSA) is 105 Å². The van der Waals surface area contributed by atoms with Crippen LogP contribution in [-0.2, 0) is 19.0 Å². The highest BCUT2D eigenvalue weighted by atomic mass is 16.6. The molecule has 0 unspecified atom stereocenters. The zero-order chi connectivity index (χ0) is 31.6. The van der Waals surface area contributed by atoms with Gasteiger partial charge < -0.3 is 29.5 Å². The minimum absolute atomic E-state index is 0.0547.